The van der Waals surface area contributed by atoms with E-state index in [0.29, 0.717) is 6.42 Å². The molecule has 3 atom stereocenters. The Kier molecular flexibility index (Phi) is 26.5. The van der Waals surface area contributed by atoms with E-state index in [2.05, 4.69) is 13.8 Å². The minimum atomic E-state index is -2.10. The van der Waals surface area contributed by atoms with E-state index in [1.165, 1.54) is 96.3 Å². The van der Waals surface area contributed by atoms with Crippen molar-refractivity contribution in [2.24, 2.45) is 0 Å². The summed E-state index contributed by atoms with van der Waals surface area (Å²) in [6.45, 7) is 12.0. The second-order valence-electron chi connectivity index (χ2n) is 11.0. The molecular formula is C31H61O6PS. The largest absolute Gasteiger partial charge is 0.458 e. The molecule has 6 nitrogen and oxygen atoms in total. The molecule has 0 aliphatic heterocycles. The molecule has 0 saturated carbocycles. The molecule has 0 fully saturated rings. The number of esters is 1. The Morgan fingerprint density at radius 2 is 1.26 bits per heavy atom. The van der Waals surface area contributed by atoms with Crippen molar-refractivity contribution in [3.8, 4) is 0 Å². The molecule has 0 bridgehead atoms. The predicted octanol–water partition coefficient (Wildman–Crippen LogP) is 10.4. The van der Waals surface area contributed by atoms with E-state index in [0.717, 1.165) is 18.6 Å². The van der Waals surface area contributed by atoms with Crippen molar-refractivity contribution < 1.29 is 28.6 Å². The van der Waals surface area contributed by atoms with Gasteiger partial charge in [0, 0.05) is 5.25 Å². The molecule has 0 rings (SSSR count). The Hall–Kier alpha value is -0.200. The zero-order chi connectivity index (χ0) is 29.2. The van der Waals surface area contributed by atoms with Crippen molar-refractivity contribution in [3.63, 3.8) is 0 Å². The molecule has 0 radical (unpaired) electrons. The van der Waals surface area contributed by atoms with Crippen molar-refractivity contribution >= 4 is 26.2 Å². The maximum absolute atomic E-state index is 12.7. The highest BCUT2D eigenvalue weighted by atomic mass is 32.2. The average molecular weight is 593 g/mol. The lowest BCUT2D eigenvalue weighted by Gasteiger charge is -2.28. The zero-order valence-electron chi connectivity index (χ0n) is 26.2. The lowest BCUT2D eigenvalue weighted by molar-refractivity contribution is -0.403. The second-order valence-corrected chi connectivity index (χ2v) is 13.1. The van der Waals surface area contributed by atoms with Crippen molar-refractivity contribution in [2.45, 2.75) is 180 Å². The van der Waals surface area contributed by atoms with E-state index in [-0.39, 0.29) is 24.1 Å². The van der Waals surface area contributed by atoms with Gasteiger partial charge < -0.3 is 9.47 Å². The Balaban J connectivity index is 4.81. The fourth-order valence-corrected chi connectivity index (χ4v) is 6.00. The normalized spacial score (nSPS) is 14.9. The summed E-state index contributed by atoms with van der Waals surface area (Å²) >= 11 is 1.93. The summed E-state index contributed by atoms with van der Waals surface area (Å²) in [6.07, 6.45) is 21.7. The molecule has 0 spiro atoms. The lowest BCUT2D eigenvalue weighted by atomic mass is 10.1. The number of unbranched alkanes of at least 4 members (excludes halogenated alkanes) is 14. The third-order valence-corrected chi connectivity index (χ3v) is 8.93. The third-order valence-electron chi connectivity index (χ3n) is 6.73. The first-order chi connectivity index (χ1) is 18.9. The van der Waals surface area contributed by atoms with Crippen LogP contribution in [0.3, 0.4) is 0 Å². The van der Waals surface area contributed by atoms with E-state index in [4.69, 9.17) is 19.2 Å². The van der Waals surface area contributed by atoms with Crippen molar-refractivity contribution in [3.05, 3.63) is 0 Å². The van der Waals surface area contributed by atoms with Gasteiger partial charge in [0.05, 0.1) is 12.7 Å². The summed E-state index contributed by atoms with van der Waals surface area (Å²) in [6, 6.07) is 0. The predicted molar refractivity (Wildman–Crippen MR) is 166 cm³/mol. The molecule has 8 heteroatoms. The van der Waals surface area contributed by atoms with Crippen molar-refractivity contribution in [1.29, 1.82) is 0 Å². The van der Waals surface area contributed by atoms with Crippen LogP contribution in [-0.4, -0.2) is 41.3 Å². The molecule has 39 heavy (non-hydrogen) atoms. The number of carbonyl (C=O) groups excluding carboxylic acids is 1. The number of hydrogen-bond acceptors (Lipinski definition) is 7. The van der Waals surface area contributed by atoms with E-state index in [1.807, 2.05) is 25.6 Å². The van der Waals surface area contributed by atoms with Crippen molar-refractivity contribution in [1.82, 2.24) is 0 Å². The van der Waals surface area contributed by atoms with Gasteiger partial charge in [-0.1, -0.05) is 117 Å². The molecule has 0 aliphatic carbocycles. The van der Waals surface area contributed by atoms with Crippen LogP contribution in [0.1, 0.15) is 157 Å². The van der Waals surface area contributed by atoms with E-state index in [9.17, 15) is 9.36 Å². The molecule has 232 valence electrons. The number of thioether (sulfide) groups is 1. The quantitative estimate of drug-likeness (QED) is 0.0214. The van der Waals surface area contributed by atoms with Gasteiger partial charge >= 0.3 is 11.5 Å². The topological polar surface area (TPSA) is 71.1 Å². The number of carbonyl (C=O) groups is 1. The van der Waals surface area contributed by atoms with Crippen LogP contribution < -0.4 is 0 Å². The summed E-state index contributed by atoms with van der Waals surface area (Å²) in [5, 5.41) is 0.225. The minimum Gasteiger partial charge on any atom is -0.458 e. The van der Waals surface area contributed by atoms with E-state index >= 15 is 0 Å². The number of hydrogen-bond donors (Lipinski definition) is 0. The highest BCUT2D eigenvalue weighted by Gasteiger charge is 2.47. The van der Waals surface area contributed by atoms with Gasteiger partial charge in [-0.15, -0.1) is 0 Å². The first-order valence-corrected chi connectivity index (χ1v) is 17.9. The van der Waals surface area contributed by atoms with Gasteiger partial charge in [0.1, 0.15) is 6.10 Å². The summed E-state index contributed by atoms with van der Waals surface area (Å²) in [5.41, 5.74) is -2.10. The summed E-state index contributed by atoms with van der Waals surface area (Å²) < 4.78 is 22.9. The minimum absolute atomic E-state index is 0.203. The van der Waals surface area contributed by atoms with Gasteiger partial charge in [-0.05, 0) is 45.8 Å². The van der Waals surface area contributed by atoms with Crippen LogP contribution in [0.25, 0.3) is 0 Å². The Morgan fingerprint density at radius 1 is 0.744 bits per heavy atom. The van der Waals surface area contributed by atoms with Gasteiger partial charge in [0.2, 0.25) is 8.46 Å². The van der Waals surface area contributed by atoms with Gasteiger partial charge in [-0.2, -0.15) is 16.6 Å². The lowest BCUT2D eigenvalue weighted by Crippen LogP contribution is -2.43. The molecule has 0 saturated heterocycles. The maximum Gasteiger partial charge on any atom is 0.382 e. The van der Waals surface area contributed by atoms with Crippen LogP contribution in [0.5, 0.6) is 0 Å². The third kappa shape index (κ3) is 20.3. The van der Waals surface area contributed by atoms with Crippen LogP contribution in [-0.2, 0) is 28.6 Å². The first-order valence-electron chi connectivity index (χ1n) is 16.0. The second kappa shape index (κ2) is 26.7. The van der Waals surface area contributed by atoms with Crippen LogP contribution >= 0.6 is 20.2 Å². The summed E-state index contributed by atoms with van der Waals surface area (Å²) in [4.78, 5) is 24.0. The SMILES string of the molecule is CCCCCCCCCCCCSC(CCCCCCCC)C(C)OOC(OCCC)(P=O)C(=O)OC(C)C. The molecule has 0 N–H and O–H groups in total. The van der Waals surface area contributed by atoms with Gasteiger partial charge in [-0.25, -0.2) is 9.68 Å². The Morgan fingerprint density at radius 3 is 1.74 bits per heavy atom. The molecule has 3 unspecified atom stereocenters. The molecule has 0 aromatic carbocycles. The monoisotopic (exact) mass is 592 g/mol. The van der Waals surface area contributed by atoms with Crippen LogP contribution in [0.15, 0.2) is 0 Å². The summed E-state index contributed by atoms with van der Waals surface area (Å²) in [5.74, 6) is 0.248. The van der Waals surface area contributed by atoms with Crippen molar-refractivity contribution in [2.75, 3.05) is 12.4 Å². The van der Waals surface area contributed by atoms with Crippen LogP contribution in [0, 0.1) is 0 Å². The molecule has 0 aromatic heterocycles. The average Bonchev–Trinajstić information content (AvgIpc) is 2.92. The smallest absolute Gasteiger partial charge is 0.382 e. The van der Waals surface area contributed by atoms with Gasteiger partial charge in [0.25, 0.3) is 0 Å². The van der Waals surface area contributed by atoms with Crippen LogP contribution in [0.4, 0.5) is 0 Å². The Bertz CT molecular complexity index is 579. The standard InChI is InChI=1S/C31H61O6PS/c1-7-10-12-14-16-17-18-19-21-23-26-39-29(24-22-20-15-13-11-8-2)28(6)36-37-31(38-33,34-25-9-3)30(32)35-27(4)5/h27-29H,7-26H2,1-6H3. The fraction of sp³-hybridized carbons (Fsp3) is 0.968. The van der Waals surface area contributed by atoms with E-state index in [1.54, 1.807) is 13.8 Å². The molecular weight excluding hydrogens is 531 g/mol. The molecule has 0 aliphatic rings. The van der Waals surface area contributed by atoms with Gasteiger partial charge in [-0.3, -0.25) is 4.57 Å². The van der Waals surface area contributed by atoms with E-state index < -0.39 is 20.0 Å². The number of rotatable bonds is 29. The van der Waals surface area contributed by atoms with Gasteiger partial charge in [0.15, 0.2) is 0 Å². The van der Waals surface area contributed by atoms with Crippen LogP contribution in [0.2, 0.25) is 0 Å². The first kappa shape index (κ1) is 38.8. The zero-order valence-corrected chi connectivity index (χ0v) is 27.9. The number of ether oxygens (including phenoxy) is 2. The fourth-order valence-electron chi connectivity index (χ4n) is 4.33. The highest BCUT2D eigenvalue weighted by Crippen LogP contribution is 2.32. The molecule has 0 heterocycles. The Labute approximate surface area is 246 Å². The highest BCUT2D eigenvalue weighted by molar-refractivity contribution is 7.99. The molecule has 0 amide bonds. The molecule has 0 aromatic rings. The maximum atomic E-state index is 12.7. The summed E-state index contributed by atoms with van der Waals surface area (Å²) in [7, 11) is -0.637.